The molecule has 0 saturated heterocycles. The van der Waals surface area contributed by atoms with Gasteiger partial charge < -0.3 is 15.0 Å². The lowest BCUT2D eigenvalue weighted by Gasteiger charge is -2.30. The Balaban J connectivity index is 2.17. The minimum Gasteiger partial charge on any atom is -0.484 e. The van der Waals surface area contributed by atoms with Crippen molar-refractivity contribution in [3.8, 4) is 5.75 Å². The first-order valence-corrected chi connectivity index (χ1v) is 10.3. The zero-order chi connectivity index (χ0) is 21.2. The molecular formula is C23H29ClN2O3. The van der Waals surface area contributed by atoms with Crippen molar-refractivity contribution in [2.75, 3.05) is 13.2 Å². The highest BCUT2D eigenvalue weighted by Crippen LogP contribution is 2.17. The van der Waals surface area contributed by atoms with Crippen molar-refractivity contribution in [3.05, 3.63) is 64.7 Å². The molecule has 2 aromatic carbocycles. The van der Waals surface area contributed by atoms with Crippen molar-refractivity contribution in [2.24, 2.45) is 0 Å². The summed E-state index contributed by atoms with van der Waals surface area (Å²) in [6.45, 7) is 6.70. The summed E-state index contributed by atoms with van der Waals surface area (Å²) < 4.78 is 5.64. The third kappa shape index (κ3) is 7.09. The van der Waals surface area contributed by atoms with Gasteiger partial charge in [-0.3, -0.25) is 9.59 Å². The number of ether oxygens (including phenoxy) is 1. The van der Waals surface area contributed by atoms with Gasteiger partial charge in [-0.15, -0.1) is 0 Å². The van der Waals surface area contributed by atoms with Crippen LogP contribution in [0.3, 0.4) is 0 Å². The molecule has 0 saturated carbocycles. The summed E-state index contributed by atoms with van der Waals surface area (Å²) >= 11 is 5.89. The van der Waals surface area contributed by atoms with E-state index in [-0.39, 0.29) is 18.4 Å². The summed E-state index contributed by atoms with van der Waals surface area (Å²) in [5.41, 5.74) is 2.09. The van der Waals surface area contributed by atoms with E-state index in [1.807, 2.05) is 45.0 Å². The third-order valence-electron chi connectivity index (χ3n) is 4.55. The fraction of sp³-hybridized carbons (Fsp3) is 0.391. The monoisotopic (exact) mass is 416 g/mol. The summed E-state index contributed by atoms with van der Waals surface area (Å²) in [7, 11) is 0. The van der Waals surface area contributed by atoms with Crippen molar-refractivity contribution >= 4 is 23.4 Å². The van der Waals surface area contributed by atoms with E-state index in [0.29, 0.717) is 30.3 Å². The molecule has 2 rings (SSSR count). The van der Waals surface area contributed by atoms with Crippen LogP contribution in [0.1, 0.15) is 37.8 Å². The van der Waals surface area contributed by atoms with Gasteiger partial charge in [-0.1, -0.05) is 55.3 Å². The van der Waals surface area contributed by atoms with E-state index < -0.39 is 6.04 Å². The van der Waals surface area contributed by atoms with Crippen LogP contribution < -0.4 is 10.1 Å². The summed E-state index contributed by atoms with van der Waals surface area (Å²) in [4.78, 5) is 27.3. The number of benzene rings is 2. The zero-order valence-electron chi connectivity index (χ0n) is 17.3. The minimum absolute atomic E-state index is 0.137. The molecule has 0 bridgehead atoms. The van der Waals surface area contributed by atoms with E-state index in [1.54, 1.807) is 29.2 Å². The van der Waals surface area contributed by atoms with Crippen molar-refractivity contribution < 1.29 is 14.3 Å². The summed E-state index contributed by atoms with van der Waals surface area (Å²) in [5, 5.41) is 3.51. The molecule has 156 valence electrons. The topological polar surface area (TPSA) is 58.6 Å². The third-order valence-corrected chi connectivity index (χ3v) is 4.80. The maximum atomic E-state index is 13.0. The van der Waals surface area contributed by atoms with Gasteiger partial charge in [-0.2, -0.15) is 0 Å². The molecule has 5 nitrogen and oxygen atoms in total. The number of amides is 2. The average molecular weight is 417 g/mol. The normalized spacial score (nSPS) is 11.6. The lowest BCUT2D eigenvalue weighted by Crippen LogP contribution is -2.50. The standard InChI is InChI=1S/C23H29ClN2O3/c1-4-13-25-23(28)21(5-2)26(15-18-8-6-7-17(3)14-18)22(27)16-29-20-11-9-19(24)10-12-20/h6-12,14,21H,4-5,13,15-16H2,1-3H3,(H,25,28). The van der Waals surface area contributed by atoms with Crippen LogP contribution >= 0.6 is 11.6 Å². The minimum atomic E-state index is -0.552. The number of carbonyl (C=O) groups excluding carboxylic acids is 2. The van der Waals surface area contributed by atoms with Crippen molar-refractivity contribution in [1.29, 1.82) is 0 Å². The molecule has 1 N–H and O–H groups in total. The van der Waals surface area contributed by atoms with Gasteiger partial charge in [0.25, 0.3) is 5.91 Å². The highest BCUT2D eigenvalue weighted by atomic mass is 35.5. The second-order valence-corrected chi connectivity index (χ2v) is 7.40. The maximum Gasteiger partial charge on any atom is 0.261 e. The fourth-order valence-corrected chi connectivity index (χ4v) is 3.18. The van der Waals surface area contributed by atoms with Gasteiger partial charge in [0.2, 0.25) is 5.91 Å². The molecule has 6 heteroatoms. The zero-order valence-corrected chi connectivity index (χ0v) is 18.0. The van der Waals surface area contributed by atoms with E-state index in [2.05, 4.69) is 5.32 Å². The van der Waals surface area contributed by atoms with Gasteiger partial charge in [-0.05, 0) is 49.6 Å². The van der Waals surface area contributed by atoms with Gasteiger partial charge in [0.05, 0.1) is 0 Å². The highest BCUT2D eigenvalue weighted by Gasteiger charge is 2.28. The highest BCUT2D eigenvalue weighted by molar-refractivity contribution is 6.30. The van der Waals surface area contributed by atoms with Gasteiger partial charge in [0.1, 0.15) is 11.8 Å². The molecule has 2 amide bonds. The molecule has 0 aromatic heterocycles. The molecule has 0 aliphatic heterocycles. The first-order chi connectivity index (χ1) is 13.9. The number of hydrogen-bond donors (Lipinski definition) is 1. The molecule has 0 aliphatic rings. The summed E-state index contributed by atoms with van der Waals surface area (Å²) in [6, 6.07) is 14.2. The molecular weight excluding hydrogens is 388 g/mol. The molecule has 0 heterocycles. The first kappa shape index (κ1) is 22.8. The van der Waals surface area contributed by atoms with Crippen molar-refractivity contribution in [1.82, 2.24) is 10.2 Å². The van der Waals surface area contributed by atoms with Crippen molar-refractivity contribution in [2.45, 2.75) is 46.2 Å². The average Bonchev–Trinajstić information content (AvgIpc) is 2.71. The SMILES string of the molecule is CCCNC(=O)C(CC)N(Cc1cccc(C)c1)C(=O)COc1ccc(Cl)cc1. The predicted octanol–water partition coefficient (Wildman–Crippen LogP) is 4.36. The lowest BCUT2D eigenvalue weighted by atomic mass is 10.1. The van der Waals surface area contributed by atoms with E-state index in [9.17, 15) is 9.59 Å². The van der Waals surface area contributed by atoms with E-state index >= 15 is 0 Å². The van der Waals surface area contributed by atoms with Crippen molar-refractivity contribution in [3.63, 3.8) is 0 Å². The molecule has 0 fully saturated rings. The van der Waals surface area contributed by atoms with Gasteiger partial charge in [0, 0.05) is 18.1 Å². The Morgan fingerprint density at radius 3 is 2.48 bits per heavy atom. The Kier molecular flexibility index (Phi) is 9.00. The molecule has 1 unspecified atom stereocenters. The van der Waals surface area contributed by atoms with Gasteiger partial charge in [-0.25, -0.2) is 0 Å². The quantitative estimate of drug-likeness (QED) is 0.626. The van der Waals surface area contributed by atoms with E-state index in [4.69, 9.17) is 16.3 Å². The number of nitrogens with zero attached hydrogens (tertiary/aromatic N) is 1. The van der Waals surface area contributed by atoms with Crippen LogP contribution in [0.2, 0.25) is 5.02 Å². The number of aryl methyl sites for hydroxylation is 1. The van der Waals surface area contributed by atoms with Gasteiger partial charge in [0.15, 0.2) is 6.61 Å². The second-order valence-electron chi connectivity index (χ2n) is 6.97. The van der Waals surface area contributed by atoms with Crippen LogP contribution in [0.4, 0.5) is 0 Å². The van der Waals surface area contributed by atoms with Crippen LogP contribution in [-0.4, -0.2) is 35.9 Å². The number of halogens is 1. The maximum absolute atomic E-state index is 13.0. The van der Waals surface area contributed by atoms with Crippen LogP contribution in [0.25, 0.3) is 0 Å². The molecule has 29 heavy (non-hydrogen) atoms. The Morgan fingerprint density at radius 1 is 1.14 bits per heavy atom. The van der Waals surface area contributed by atoms with E-state index in [1.165, 1.54) is 0 Å². The number of carbonyl (C=O) groups is 2. The largest absolute Gasteiger partial charge is 0.484 e. The van der Waals surface area contributed by atoms with Gasteiger partial charge >= 0.3 is 0 Å². The Bertz CT molecular complexity index is 808. The van der Waals surface area contributed by atoms with E-state index in [0.717, 1.165) is 17.5 Å². The number of rotatable bonds is 10. The summed E-state index contributed by atoms with van der Waals surface area (Å²) in [5.74, 6) is 0.184. The fourth-order valence-electron chi connectivity index (χ4n) is 3.05. The molecule has 2 aromatic rings. The Morgan fingerprint density at radius 2 is 1.86 bits per heavy atom. The molecule has 0 spiro atoms. The predicted molar refractivity (Wildman–Crippen MR) is 116 cm³/mol. The number of hydrogen-bond acceptors (Lipinski definition) is 3. The summed E-state index contributed by atoms with van der Waals surface area (Å²) in [6.07, 6.45) is 1.36. The molecule has 0 radical (unpaired) electrons. The van der Waals surface area contributed by atoms with Crippen LogP contribution in [0.15, 0.2) is 48.5 Å². The molecule has 1 atom stereocenters. The Hall–Kier alpha value is -2.53. The van der Waals surface area contributed by atoms with Crippen LogP contribution in [0.5, 0.6) is 5.75 Å². The number of nitrogens with one attached hydrogen (secondary N) is 1. The van der Waals surface area contributed by atoms with Crippen LogP contribution in [-0.2, 0) is 16.1 Å². The first-order valence-electron chi connectivity index (χ1n) is 9.95. The van der Waals surface area contributed by atoms with Crippen LogP contribution in [0, 0.1) is 6.92 Å². The second kappa shape index (κ2) is 11.5. The smallest absolute Gasteiger partial charge is 0.261 e. The lowest BCUT2D eigenvalue weighted by molar-refractivity contribution is -0.143. The Labute approximate surface area is 178 Å². The molecule has 0 aliphatic carbocycles.